The minimum absolute atomic E-state index is 0.0251. The number of H-pyrrole nitrogens is 3. The number of pyridine rings is 2. The summed E-state index contributed by atoms with van der Waals surface area (Å²) < 4.78 is 52.1. The summed E-state index contributed by atoms with van der Waals surface area (Å²) in [4.78, 5) is 118. The Balaban J connectivity index is 0.000000135. The Bertz CT molecular complexity index is 6950. The second kappa shape index (κ2) is 41.9. The van der Waals surface area contributed by atoms with Crippen molar-refractivity contribution in [3.63, 3.8) is 0 Å². The first-order valence-electron chi connectivity index (χ1n) is 47.8. The van der Waals surface area contributed by atoms with Crippen molar-refractivity contribution in [3.05, 3.63) is 240 Å². The molecule has 21 rings (SSSR count). The normalized spacial score (nSPS) is 19.3. The molecule has 33 nitrogen and oxygen atoms in total. The van der Waals surface area contributed by atoms with Crippen molar-refractivity contribution in [2.75, 3.05) is 159 Å². The number of carbonyl (C=O) groups is 6. The van der Waals surface area contributed by atoms with Gasteiger partial charge in [0, 0.05) is 235 Å². The number of halogens is 2. The van der Waals surface area contributed by atoms with Gasteiger partial charge in [-0.1, -0.05) is 48.6 Å². The molecule has 141 heavy (non-hydrogen) atoms. The largest absolute Gasteiger partial charge is 0.421 e. The lowest BCUT2D eigenvalue weighted by Crippen LogP contribution is -2.49. The van der Waals surface area contributed by atoms with E-state index in [1.807, 2.05) is 136 Å². The van der Waals surface area contributed by atoms with Crippen LogP contribution in [0, 0.1) is 5.82 Å². The molecular formula is C105H111F2N23O10S. The van der Waals surface area contributed by atoms with E-state index in [1.54, 1.807) is 72.6 Å². The number of hydrogen-bond acceptors (Lipinski definition) is 25. The van der Waals surface area contributed by atoms with Gasteiger partial charge in [0.05, 0.1) is 48.1 Å². The summed E-state index contributed by atoms with van der Waals surface area (Å²) in [5.41, 5.74) is 12.3. The highest BCUT2D eigenvalue weighted by Gasteiger charge is 2.50. The number of hydrogen-bond donors (Lipinski definition) is 8. The predicted molar refractivity (Wildman–Crippen MR) is 537 cm³/mol. The van der Waals surface area contributed by atoms with Crippen molar-refractivity contribution in [2.45, 2.75) is 100 Å². The second-order valence-electron chi connectivity index (χ2n) is 36.7. The number of thiazole rings is 1. The van der Waals surface area contributed by atoms with Crippen LogP contribution in [0.25, 0.3) is 100 Å². The number of fused-ring (bicyclic) bond motifs is 3. The molecule has 1 saturated carbocycles. The van der Waals surface area contributed by atoms with Crippen LogP contribution < -0.4 is 26.6 Å². The van der Waals surface area contributed by atoms with E-state index in [0.29, 0.717) is 149 Å². The molecule has 14 heterocycles. The van der Waals surface area contributed by atoms with Crippen LogP contribution in [0.5, 0.6) is 0 Å². The average molecular weight is 1930 g/mol. The number of amides is 6. The maximum absolute atomic E-state index is 15.3. The number of nitrogens with one attached hydrogen (secondary N) is 8. The van der Waals surface area contributed by atoms with Crippen molar-refractivity contribution >= 4 is 119 Å². The van der Waals surface area contributed by atoms with Crippen LogP contribution in [0.3, 0.4) is 0 Å². The summed E-state index contributed by atoms with van der Waals surface area (Å²) in [6.45, 7) is 11.8. The third-order valence-electron chi connectivity index (χ3n) is 27.7. The molecule has 36 heteroatoms. The van der Waals surface area contributed by atoms with E-state index in [1.165, 1.54) is 61.7 Å². The first kappa shape index (κ1) is 95.4. The third-order valence-corrected chi connectivity index (χ3v) is 28.7. The van der Waals surface area contributed by atoms with Gasteiger partial charge >= 0.3 is 0 Å². The number of carbonyl (C=O) groups excluding carboxylic acids is 6. The number of ether oxygens (including phenoxy) is 3. The zero-order valence-corrected chi connectivity index (χ0v) is 79.9. The maximum Gasteiger partial charge on any atom is 0.258 e. The first-order chi connectivity index (χ1) is 68.6. The van der Waals surface area contributed by atoms with Crippen molar-refractivity contribution < 1.29 is 56.2 Å². The van der Waals surface area contributed by atoms with Gasteiger partial charge in [0.1, 0.15) is 28.0 Å². The molecule has 5 fully saturated rings. The monoisotopic (exact) mass is 1920 g/mol. The van der Waals surface area contributed by atoms with Crippen molar-refractivity contribution in [1.82, 2.24) is 89.9 Å². The van der Waals surface area contributed by atoms with Crippen LogP contribution in [0.1, 0.15) is 99.4 Å². The Morgan fingerprint density at radius 2 is 0.915 bits per heavy atom. The van der Waals surface area contributed by atoms with Crippen LogP contribution in [0.2, 0.25) is 0 Å². The number of piperidine rings is 1. The predicted octanol–water partition coefficient (Wildman–Crippen LogP) is 15.1. The molecule has 6 aromatic carbocycles. The molecular weight excluding hydrogens is 1810 g/mol. The molecule has 14 aromatic rings. The van der Waals surface area contributed by atoms with Gasteiger partial charge in [0.25, 0.3) is 17.7 Å². The average Bonchev–Trinajstić information content (AvgIpc) is 1.65. The van der Waals surface area contributed by atoms with Gasteiger partial charge in [0.2, 0.25) is 29.5 Å². The number of benzene rings is 6. The lowest BCUT2D eigenvalue weighted by atomic mass is 9.94. The second-order valence-corrected chi connectivity index (χ2v) is 37.6. The fraction of sp³-hybridized carbons (Fsp3) is 0.343. The van der Waals surface area contributed by atoms with Crippen LogP contribution in [0.15, 0.2) is 217 Å². The molecule has 8 aromatic heterocycles. The number of methoxy groups -OCH3 is 3. The van der Waals surface area contributed by atoms with E-state index in [0.717, 1.165) is 120 Å². The van der Waals surface area contributed by atoms with Crippen LogP contribution in [0.4, 0.5) is 37.5 Å². The minimum atomic E-state index is -1.47. The van der Waals surface area contributed by atoms with Crippen molar-refractivity contribution in [3.8, 4) is 56.6 Å². The highest BCUT2D eigenvalue weighted by atomic mass is 32.1. The Morgan fingerprint density at radius 1 is 0.461 bits per heavy atom. The molecule has 3 atom stereocenters. The number of oxazole rings is 1. The van der Waals surface area contributed by atoms with Gasteiger partial charge in [-0.2, -0.15) is 15.3 Å². The first-order valence-corrected chi connectivity index (χ1v) is 48.6. The number of alkyl halides is 1. The quantitative estimate of drug-likeness (QED) is 0.0226. The summed E-state index contributed by atoms with van der Waals surface area (Å²) in [6.07, 6.45) is 20.4. The van der Waals surface area contributed by atoms with Crippen LogP contribution >= 0.6 is 11.3 Å². The molecule has 6 aliphatic heterocycles. The summed E-state index contributed by atoms with van der Waals surface area (Å²) in [6, 6.07) is 49.1. The SMILES string of the molecule is CCNc1cc(-c2n[nH]c3ccc(NC(=O)[C@]4(OC)CCN(CC(=O)N5CC=C(c6ccc(-c7ncccn7)cc6)CC5)C4)cc23)ccn1.CCNc1cnc(-c2ccc(C3=CCN(C(=O)CN4CC[C@@](OC)(C(=O)Nc5ccc6[nH]nc(-c7ccc(F)cc7)c6c5)C4)CC3)cc2)o1.CO[C@@]1(C(=O)Nc2ccc3[nH]nc(-c4ccnc(C5CC5)c4)c3c2)CCN(CC(=O)N2CCC(F)(c3nccs3)CC2)C1. The molecule has 7 aliphatic rings. The number of rotatable bonds is 28. The topological polar surface area (TPSA) is 386 Å². The van der Waals surface area contributed by atoms with Crippen molar-refractivity contribution in [1.29, 1.82) is 0 Å². The fourth-order valence-corrected chi connectivity index (χ4v) is 20.2. The summed E-state index contributed by atoms with van der Waals surface area (Å²) in [5.74, 6) is 2.16. The number of aromatic nitrogens is 12. The van der Waals surface area contributed by atoms with E-state index >= 15 is 4.39 Å². The molecule has 6 amide bonds. The zero-order valence-electron chi connectivity index (χ0n) is 79.1. The van der Waals surface area contributed by atoms with Crippen molar-refractivity contribution in [2.24, 2.45) is 0 Å². The summed E-state index contributed by atoms with van der Waals surface area (Å²) >= 11 is 1.32. The smallest absolute Gasteiger partial charge is 0.258 e. The molecule has 0 unspecified atom stereocenters. The molecule has 0 bridgehead atoms. The number of nitrogens with zero attached hydrogens (tertiary/aromatic N) is 15. The van der Waals surface area contributed by atoms with E-state index < -0.39 is 22.5 Å². The summed E-state index contributed by atoms with van der Waals surface area (Å²) in [7, 11) is 4.63. The van der Waals surface area contributed by atoms with E-state index in [4.69, 9.17) is 18.6 Å². The highest BCUT2D eigenvalue weighted by Crippen LogP contribution is 2.43. The zero-order chi connectivity index (χ0) is 97.4. The Hall–Kier alpha value is -14.5. The third kappa shape index (κ3) is 21.2. The minimum Gasteiger partial charge on any atom is -0.421 e. The molecule has 1 aliphatic carbocycles. The van der Waals surface area contributed by atoms with Gasteiger partial charge in [-0.25, -0.2) is 33.7 Å². The van der Waals surface area contributed by atoms with E-state index in [-0.39, 0.29) is 73.7 Å². The fourth-order valence-electron chi connectivity index (χ4n) is 19.4. The number of likely N-dealkylation sites (tertiary alicyclic amines) is 4. The Morgan fingerprint density at radius 3 is 1.37 bits per heavy atom. The van der Waals surface area contributed by atoms with Crippen LogP contribution in [-0.2, 0) is 48.6 Å². The van der Waals surface area contributed by atoms with Gasteiger partial charge in [-0.15, -0.1) is 11.3 Å². The van der Waals surface area contributed by atoms with E-state index in [2.05, 4.69) is 130 Å². The van der Waals surface area contributed by atoms with Gasteiger partial charge in [-0.05, 0) is 202 Å². The summed E-state index contributed by atoms with van der Waals surface area (Å²) in [5, 5.41) is 43.0. The number of aromatic amines is 3. The van der Waals surface area contributed by atoms with E-state index in [9.17, 15) is 33.2 Å². The number of anilines is 5. The standard InChI is InChI=1S/C37H38FN7O4.C37H39N9O3.C31H34FN7O3S/c1-3-39-32-21-40-35(49-32)27-6-4-24(5-7-27)25-14-17-45(18-15-25)33(46)22-44-19-16-37(23-44,48-2)36(47)41-29-12-13-31-30(20-29)34(43-42-31)26-8-10-28(38)11-9-26;1-3-38-32-21-28(11-17-39-32)34-30-22-29(9-10-31(30)43-44-34)42-36(48)37(49-2)14-20-45(24-37)23-33(47)46-18-12-26(13-19-46)25-5-7-27(8-6-25)35-40-15-4-16-41-35;1-42-31(9-12-38(19-31)18-26(40)39-13-7-30(32,8-14-39)29-34-11-15-43-29)28(41)35-22-4-5-24-23(17-22)27(37-36-24)21-6-10-33-25(16-21)20-2-3-20/h4-14,20-21,39H,3,15-19,22-23H2,1-2H3,(H,41,47)(H,42,43);4-12,15-17,21-22H,3,13-14,18-20,23-24H2,1-2H3,(H,38,39)(H,42,48)(H,43,44);4-6,10-11,15-17,20H,2-3,7-9,12-14,18-19H2,1H3,(H,35,41)(H,36,37)/t2*37-;31-/m000/s1. The van der Waals surface area contributed by atoms with Gasteiger partial charge < -0.3 is 59.9 Å². The molecule has 0 radical (unpaired) electrons. The van der Waals surface area contributed by atoms with Gasteiger partial charge in [0.15, 0.2) is 28.3 Å². The van der Waals surface area contributed by atoms with Crippen LogP contribution in [-0.4, -0.2) is 275 Å². The maximum atomic E-state index is 15.3. The lowest BCUT2D eigenvalue weighted by molar-refractivity contribution is -0.139. The van der Waals surface area contributed by atoms with Gasteiger partial charge in [-0.3, -0.25) is 63.7 Å². The molecule has 8 N–H and O–H groups in total. The lowest BCUT2D eigenvalue weighted by Gasteiger charge is -2.36. The Labute approximate surface area is 816 Å². The Kier molecular flexibility index (Phi) is 28.3. The molecule has 0 spiro atoms. The molecule has 726 valence electrons. The molecule has 4 saturated heterocycles. The highest BCUT2D eigenvalue weighted by molar-refractivity contribution is 7.09.